The van der Waals surface area contributed by atoms with Crippen LogP contribution >= 0.6 is 23.2 Å². The maximum atomic E-state index is 12.1. The molecule has 0 bridgehead atoms. The second kappa shape index (κ2) is 5.28. The summed E-state index contributed by atoms with van der Waals surface area (Å²) in [5.41, 5.74) is 0.328. The Hall–Kier alpha value is -1.43. The molecule has 2 rings (SSSR count). The minimum atomic E-state index is -3.77. The Morgan fingerprint density at radius 2 is 1.47 bits per heavy atom. The van der Waals surface area contributed by atoms with Gasteiger partial charge in [0.2, 0.25) is 0 Å². The van der Waals surface area contributed by atoms with E-state index in [1.54, 1.807) is 0 Å². The number of benzene rings is 2. The van der Waals surface area contributed by atoms with Crippen molar-refractivity contribution in [1.29, 1.82) is 0 Å². The lowest BCUT2D eigenvalue weighted by molar-refractivity contribution is 0.475. The van der Waals surface area contributed by atoms with Crippen LogP contribution in [0.15, 0.2) is 47.4 Å². The Kier molecular flexibility index (Phi) is 3.89. The second-order valence-electron chi connectivity index (χ2n) is 3.76. The molecule has 4 nitrogen and oxygen atoms in total. The van der Waals surface area contributed by atoms with E-state index in [9.17, 15) is 8.42 Å². The Balaban J connectivity index is 2.34. The standard InChI is InChI=1S/C12H9Cl2NO3S/c13-8-5-9(14)7-12(6-8)19(17,18)15-10-1-3-11(16)4-2-10/h1-7,15-16H. The van der Waals surface area contributed by atoms with E-state index in [1.165, 1.54) is 42.5 Å². The molecule has 0 fully saturated rings. The maximum absolute atomic E-state index is 12.1. The SMILES string of the molecule is O=S(=O)(Nc1ccc(O)cc1)c1cc(Cl)cc(Cl)c1. The minimum absolute atomic E-state index is 0.0296. The van der Waals surface area contributed by atoms with Gasteiger partial charge in [-0.25, -0.2) is 8.42 Å². The van der Waals surface area contributed by atoms with Crippen LogP contribution in [0.5, 0.6) is 5.75 Å². The molecule has 0 heterocycles. The summed E-state index contributed by atoms with van der Waals surface area (Å²) in [6, 6.07) is 9.69. The van der Waals surface area contributed by atoms with Crippen LogP contribution in [0.2, 0.25) is 10.0 Å². The zero-order valence-electron chi connectivity index (χ0n) is 9.47. The van der Waals surface area contributed by atoms with Crippen molar-refractivity contribution in [2.45, 2.75) is 4.90 Å². The summed E-state index contributed by atoms with van der Waals surface area (Å²) >= 11 is 11.5. The lowest BCUT2D eigenvalue weighted by atomic mass is 10.3. The fourth-order valence-corrected chi connectivity index (χ4v) is 3.21. The first-order valence-corrected chi connectivity index (χ1v) is 7.39. The summed E-state index contributed by atoms with van der Waals surface area (Å²) in [6.07, 6.45) is 0. The number of phenols is 1. The van der Waals surface area contributed by atoms with Gasteiger partial charge in [0.25, 0.3) is 10.0 Å². The van der Waals surface area contributed by atoms with Crippen molar-refractivity contribution in [2.24, 2.45) is 0 Å². The molecule has 0 amide bonds. The van der Waals surface area contributed by atoms with Crippen LogP contribution in [0.3, 0.4) is 0 Å². The smallest absolute Gasteiger partial charge is 0.261 e. The quantitative estimate of drug-likeness (QED) is 0.851. The highest BCUT2D eigenvalue weighted by Crippen LogP contribution is 2.24. The molecule has 100 valence electrons. The van der Waals surface area contributed by atoms with Crippen LogP contribution < -0.4 is 4.72 Å². The normalized spacial score (nSPS) is 11.3. The fourth-order valence-electron chi connectivity index (χ4n) is 1.43. The van der Waals surface area contributed by atoms with Crippen LogP contribution in [-0.2, 0) is 10.0 Å². The van der Waals surface area contributed by atoms with Gasteiger partial charge in [0.1, 0.15) is 5.75 Å². The molecule has 0 atom stereocenters. The Bertz CT molecular complexity index is 679. The van der Waals surface area contributed by atoms with Gasteiger partial charge in [-0.3, -0.25) is 4.72 Å². The molecule has 0 spiro atoms. The van der Waals surface area contributed by atoms with Gasteiger partial charge in [0.15, 0.2) is 0 Å². The summed E-state index contributed by atoms with van der Waals surface area (Å²) in [4.78, 5) is -0.0296. The molecule has 2 aromatic carbocycles. The summed E-state index contributed by atoms with van der Waals surface area (Å²) in [5, 5.41) is 9.60. The first kappa shape index (κ1) is 14.0. The van der Waals surface area contributed by atoms with E-state index in [0.29, 0.717) is 5.69 Å². The second-order valence-corrected chi connectivity index (χ2v) is 6.31. The molecule has 7 heteroatoms. The number of sulfonamides is 1. The van der Waals surface area contributed by atoms with Crippen LogP contribution in [-0.4, -0.2) is 13.5 Å². The predicted octanol–water partition coefficient (Wildman–Crippen LogP) is 3.50. The molecule has 2 aromatic rings. The zero-order chi connectivity index (χ0) is 14.0. The van der Waals surface area contributed by atoms with Crippen molar-refractivity contribution in [3.63, 3.8) is 0 Å². The molecule has 0 radical (unpaired) electrons. The van der Waals surface area contributed by atoms with Gasteiger partial charge in [-0.2, -0.15) is 0 Å². The van der Waals surface area contributed by atoms with Crippen LogP contribution in [0.25, 0.3) is 0 Å². The molecule has 19 heavy (non-hydrogen) atoms. The number of hydrogen-bond donors (Lipinski definition) is 2. The lowest BCUT2D eigenvalue weighted by Gasteiger charge is -2.08. The van der Waals surface area contributed by atoms with Gasteiger partial charge < -0.3 is 5.11 Å². The topological polar surface area (TPSA) is 66.4 Å². The summed E-state index contributed by atoms with van der Waals surface area (Å²) < 4.78 is 26.6. The zero-order valence-corrected chi connectivity index (χ0v) is 11.8. The molecule has 0 aliphatic carbocycles. The highest BCUT2D eigenvalue weighted by atomic mass is 35.5. The third kappa shape index (κ3) is 3.53. The maximum Gasteiger partial charge on any atom is 0.261 e. The minimum Gasteiger partial charge on any atom is -0.508 e. The Morgan fingerprint density at radius 1 is 0.947 bits per heavy atom. The molecular formula is C12H9Cl2NO3S. The molecule has 0 aliphatic heterocycles. The van der Waals surface area contributed by atoms with E-state index in [-0.39, 0.29) is 20.7 Å². The third-order valence-electron chi connectivity index (χ3n) is 2.27. The van der Waals surface area contributed by atoms with Crippen LogP contribution in [0, 0.1) is 0 Å². The molecule has 0 aromatic heterocycles. The molecule has 0 unspecified atom stereocenters. The fraction of sp³-hybridized carbons (Fsp3) is 0. The van der Waals surface area contributed by atoms with E-state index < -0.39 is 10.0 Å². The number of halogens is 2. The number of aromatic hydroxyl groups is 1. The van der Waals surface area contributed by atoms with Crippen molar-refractivity contribution in [1.82, 2.24) is 0 Å². The largest absolute Gasteiger partial charge is 0.508 e. The van der Waals surface area contributed by atoms with Crippen molar-refractivity contribution in [3.05, 3.63) is 52.5 Å². The molecular weight excluding hydrogens is 309 g/mol. The van der Waals surface area contributed by atoms with Gasteiger partial charge in [-0.1, -0.05) is 23.2 Å². The Morgan fingerprint density at radius 3 is 2.00 bits per heavy atom. The van der Waals surface area contributed by atoms with Gasteiger partial charge in [0, 0.05) is 15.7 Å². The third-order valence-corrected chi connectivity index (χ3v) is 4.06. The van der Waals surface area contributed by atoms with E-state index >= 15 is 0 Å². The van der Waals surface area contributed by atoms with Gasteiger partial charge in [-0.15, -0.1) is 0 Å². The number of nitrogens with one attached hydrogen (secondary N) is 1. The summed E-state index contributed by atoms with van der Waals surface area (Å²) in [7, 11) is -3.77. The average Bonchev–Trinajstić information content (AvgIpc) is 2.31. The van der Waals surface area contributed by atoms with Gasteiger partial charge >= 0.3 is 0 Å². The highest BCUT2D eigenvalue weighted by Gasteiger charge is 2.15. The van der Waals surface area contributed by atoms with Crippen molar-refractivity contribution in [3.8, 4) is 5.75 Å². The Labute approximate surface area is 120 Å². The average molecular weight is 318 g/mol. The molecule has 2 N–H and O–H groups in total. The first-order valence-electron chi connectivity index (χ1n) is 5.15. The number of anilines is 1. The van der Waals surface area contributed by atoms with Gasteiger partial charge in [-0.05, 0) is 42.5 Å². The number of phenolic OH excluding ortho intramolecular Hbond substituents is 1. The molecule has 0 saturated heterocycles. The van der Waals surface area contributed by atoms with Crippen molar-refractivity contribution in [2.75, 3.05) is 4.72 Å². The van der Waals surface area contributed by atoms with E-state index in [4.69, 9.17) is 28.3 Å². The predicted molar refractivity (Wildman–Crippen MR) is 75.4 cm³/mol. The molecule has 0 saturated carbocycles. The van der Waals surface area contributed by atoms with E-state index in [1.807, 2.05) is 0 Å². The van der Waals surface area contributed by atoms with Crippen molar-refractivity contribution >= 4 is 38.9 Å². The van der Waals surface area contributed by atoms with Gasteiger partial charge in [0.05, 0.1) is 4.90 Å². The monoisotopic (exact) mass is 317 g/mol. The van der Waals surface area contributed by atoms with Crippen molar-refractivity contribution < 1.29 is 13.5 Å². The van der Waals surface area contributed by atoms with Crippen LogP contribution in [0.4, 0.5) is 5.69 Å². The number of rotatable bonds is 3. The van der Waals surface area contributed by atoms with E-state index in [0.717, 1.165) is 0 Å². The first-order chi connectivity index (χ1) is 8.87. The summed E-state index contributed by atoms with van der Waals surface area (Å²) in [6.45, 7) is 0. The highest BCUT2D eigenvalue weighted by molar-refractivity contribution is 7.92. The van der Waals surface area contributed by atoms with E-state index in [2.05, 4.69) is 4.72 Å². The lowest BCUT2D eigenvalue weighted by Crippen LogP contribution is -2.12. The molecule has 0 aliphatic rings. The summed E-state index contributed by atoms with van der Waals surface area (Å²) in [5.74, 6) is 0.0498. The number of hydrogen-bond acceptors (Lipinski definition) is 3. The van der Waals surface area contributed by atoms with Crippen LogP contribution in [0.1, 0.15) is 0 Å².